The van der Waals surface area contributed by atoms with Crippen LogP contribution in [0.4, 0.5) is 0 Å². The van der Waals surface area contributed by atoms with Gasteiger partial charge in [0.2, 0.25) is 0 Å². The predicted octanol–water partition coefficient (Wildman–Crippen LogP) is 1.99. The highest BCUT2D eigenvalue weighted by Crippen LogP contribution is 2.26. The SMILES string of the molecule is Cc1ccccc1C(N)C1CCCNC1. The zero-order valence-electron chi connectivity index (χ0n) is 9.37. The highest BCUT2D eigenvalue weighted by atomic mass is 14.9. The van der Waals surface area contributed by atoms with Crippen molar-refractivity contribution in [1.29, 1.82) is 0 Å². The van der Waals surface area contributed by atoms with Crippen LogP contribution in [0.2, 0.25) is 0 Å². The molecule has 1 aliphatic heterocycles. The summed E-state index contributed by atoms with van der Waals surface area (Å²) in [5.41, 5.74) is 8.96. The van der Waals surface area contributed by atoms with Gasteiger partial charge in [0.05, 0.1) is 0 Å². The van der Waals surface area contributed by atoms with Gasteiger partial charge < -0.3 is 11.1 Å². The monoisotopic (exact) mass is 204 g/mol. The molecule has 15 heavy (non-hydrogen) atoms. The Bertz CT molecular complexity index is 316. The van der Waals surface area contributed by atoms with Crippen LogP contribution >= 0.6 is 0 Å². The molecule has 2 rings (SSSR count). The second kappa shape index (κ2) is 4.77. The highest BCUT2D eigenvalue weighted by molar-refractivity contribution is 5.29. The van der Waals surface area contributed by atoms with Crippen molar-refractivity contribution in [3.8, 4) is 0 Å². The molecule has 82 valence electrons. The van der Waals surface area contributed by atoms with Gasteiger partial charge in [-0.1, -0.05) is 24.3 Å². The summed E-state index contributed by atoms with van der Waals surface area (Å²) in [6.45, 7) is 4.36. The van der Waals surface area contributed by atoms with Crippen LogP contribution in [0.5, 0.6) is 0 Å². The van der Waals surface area contributed by atoms with Gasteiger partial charge in [0.1, 0.15) is 0 Å². The Balaban J connectivity index is 2.12. The van der Waals surface area contributed by atoms with E-state index in [0.29, 0.717) is 5.92 Å². The molecule has 1 heterocycles. The summed E-state index contributed by atoms with van der Waals surface area (Å²) in [6.07, 6.45) is 2.51. The van der Waals surface area contributed by atoms with E-state index in [1.54, 1.807) is 0 Å². The number of hydrogen-bond acceptors (Lipinski definition) is 2. The number of hydrogen-bond donors (Lipinski definition) is 2. The van der Waals surface area contributed by atoms with Crippen molar-refractivity contribution in [3.63, 3.8) is 0 Å². The number of aryl methyl sites for hydroxylation is 1. The first-order valence-corrected chi connectivity index (χ1v) is 5.81. The van der Waals surface area contributed by atoms with Crippen molar-refractivity contribution in [1.82, 2.24) is 5.32 Å². The lowest BCUT2D eigenvalue weighted by Crippen LogP contribution is -2.36. The smallest absolute Gasteiger partial charge is 0.0338 e. The van der Waals surface area contributed by atoms with Crippen molar-refractivity contribution in [2.45, 2.75) is 25.8 Å². The molecule has 2 nitrogen and oxygen atoms in total. The van der Waals surface area contributed by atoms with E-state index < -0.39 is 0 Å². The van der Waals surface area contributed by atoms with Gasteiger partial charge in [-0.3, -0.25) is 0 Å². The molecule has 1 fully saturated rings. The highest BCUT2D eigenvalue weighted by Gasteiger charge is 2.22. The van der Waals surface area contributed by atoms with E-state index >= 15 is 0 Å². The number of piperidine rings is 1. The first kappa shape index (κ1) is 10.7. The summed E-state index contributed by atoms with van der Waals surface area (Å²) in [5, 5.41) is 3.42. The van der Waals surface area contributed by atoms with Crippen molar-refractivity contribution in [2.24, 2.45) is 11.7 Å². The first-order chi connectivity index (χ1) is 7.29. The Morgan fingerprint density at radius 1 is 1.40 bits per heavy atom. The number of nitrogens with one attached hydrogen (secondary N) is 1. The summed E-state index contributed by atoms with van der Waals surface area (Å²) in [5.74, 6) is 0.597. The zero-order chi connectivity index (χ0) is 10.7. The van der Waals surface area contributed by atoms with Crippen molar-refractivity contribution in [3.05, 3.63) is 35.4 Å². The summed E-state index contributed by atoms with van der Waals surface area (Å²) in [7, 11) is 0. The third kappa shape index (κ3) is 2.39. The summed E-state index contributed by atoms with van der Waals surface area (Å²) < 4.78 is 0. The van der Waals surface area contributed by atoms with Gasteiger partial charge in [0, 0.05) is 6.04 Å². The van der Waals surface area contributed by atoms with Gasteiger partial charge >= 0.3 is 0 Å². The second-order valence-corrected chi connectivity index (χ2v) is 4.49. The number of nitrogens with two attached hydrogens (primary N) is 1. The molecule has 0 amide bonds. The topological polar surface area (TPSA) is 38.0 Å². The molecule has 2 atom stereocenters. The van der Waals surface area contributed by atoms with Crippen molar-refractivity contribution in [2.75, 3.05) is 13.1 Å². The Morgan fingerprint density at radius 2 is 2.20 bits per heavy atom. The van der Waals surface area contributed by atoms with Crippen molar-refractivity contribution < 1.29 is 0 Å². The fourth-order valence-corrected chi connectivity index (χ4v) is 2.40. The maximum Gasteiger partial charge on any atom is 0.0338 e. The lowest BCUT2D eigenvalue weighted by Gasteiger charge is -2.29. The molecule has 2 heteroatoms. The molecule has 1 aromatic rings. The second-order valence-electron chi connectivity index (χ2n) is 4.49. The Morgan fingerprint density at radius 3 is 2.87 bits per heavy atom. The molecule has 0 aromatic heterocycles. The fourth-order valence-electron chi connectivity index (χ4n) is 2.40. The van der Waals surface area contributed by atoms with Gasteiger partial charge in [0.15, 0.2) is 0 Å². The molecule has 1 saturated heterocycles. The fraction of sp³-hybridized carbons (Fsp3) is 0.538. The van der Waals surface area contributed by atoms with E-state index in [1.165, 1.54) is 24.0 Å². The third-order valence-corrected chi connectivity index (χ3v) is 3.39. The molecule has 3 N–H and O–H groups in total. The molecule has 0 saturated carbocycles. The first-order valence-electron chi connectivity index (χ1n) is 5.81. The summed E-state index contributed by atoms with van der Waals surface area (Å²) >= 11 is 0. The molecule has 0 bridgehead atoms. The minimum absolute atomic E-state index is 0.194. The van der Waals surface area contributed by atoms with Gasteiger partial charge in [-0.15, -0.1) is 0 Å². The van der Waals surface area contributed by atoms with E-state index in [2.05, 4.69) is 36.5 Å². The zero-order valence-corrected chi connectivity index (χ0v) is 9.37. The summed E-state index contributed by atoms with van der Waals surface area (Å²) in [4.78, 5) is 0. The van der Waals surface area contributed by atoms with Gasteiger partial charge in [0.25, 0.3) is 0 Å². The van der Waals surface area contributed by atoms with Crippen molar-refractivity contribution >= 4 is 0 Å². The maximum atomic E-state index is 6.33. The standard InChI is InChI=1S/C13H20N2/c1-10-5-2-3-7-12(10)13(14)11-6-4-8-15-9-11/h2-3,5,7,11,13,15H,4,6,8-9,14H2,1H3. The van der Waals surface area contributed by atoms with E-state index in [1.807, 2.05) is 0 Å². The maximum absolute atomic E-state index is 6.33. The van der Waals surface area contributed by atoms with Crippen LogP contribution in [0.15, 0.2) is 24.3 Å². The Kier molecular flexibility index (Phi) is 3.39. The number of benzene rings is 1. The molecular weight excluding hydrogens is 184 g/mol. The normalized spacial score (nSPS) is 23.7. The number of rotatable bonds is 2. The molecule has 0 spiro atoms. The van der Waals surface area contributed by atoms with Gasteiger partial charge in [-0.2, -0.15) is 0 Å². The van der Waals surface area contributed by atoms with E-state index in [9.17, 15) is 0 Å². The van der Waals surface area contributed by atoms with Crippen LogP contribution in [-0.2, 0) is 0 Å². The predicted molar refractivity (Wildman–Crippen MR) is 63.7 cm³/mol. The van der Waals surface area contributed by atoms with Crippen LogP contribution in [0.25, 0.3) is 0 Å². The van der Waals surface area contributed by atoms with Crippen LogP contribution in [0, 0.1) is 12.8 Å². The molecule has 1 aromatic carbocycles. The largest absolute Gasteiger partial charge is 0.324 e. The van der Waals surface area contributed by atoms with E-state index in [0.717, 1.165) is 13.1 Å². The van der Waals surface area contributed by atoms with Crippen LogP contribution in [-0.4, -0.2) is 13.1 Å². The van der Waals surface area contributed by atoms with Gasteiger partial charge in [-0.05, 0) is 49.9 Å². The van der Waals surface area contributed by atoms with Crippen LogP contribution in [0.3, 0.4) is 0 Å². The molecule has 0 aliphatic carbocycles. The molecule has 1 aliphatic rings. The molecular formula is C13H20N2. The molecule has 2 unspecified atom stereocenters. The van der Waals surface area contributed by atoms with Crippen LogP contribution < -0.4 is 11.1 Å². The van der Waals surface area contributed by atoms with E-state index in [-0.39, 0.29) is 6.04 Å². The van der Waals surface area contributed by atoms with Crippen LogP contribution in [0.1, 0.15) is 30.0 Å². The lowest BCUT2D eigenvalue weighted by molar-refractivity contribution is 0.326. The Hall–Kier alpha value is -0.860. The lowest BCUT2D eigenvalue weighted by atomic mass is 9.86. The minimum Gasteiger partial charge on any atom is -0.324 e. The van der Waals surface area contributed by atoms with E-state index in [4.69, 9.17) is 5.73 Å². The quantitative estimate of drug-likeness (QED) is 0.773. The molecule has 0 radical (unpaired) electrons. The average molecular weight is 204 g/mol. The third-order valence-electron chi connectivity index (χ3n) is 3.39. The average Bonchev–Trinajstić information content (AvgIpc) is 2.30. The van der Waals surface area contributed by atoms with Gasteiger partial charge in [-0.25, -0.2) is 0 Å². The summed E-state index contributed by atoms with van der Waals surface area (Å²) in [6, 6.07) is 8.66. The minimum atomic E-state index is 0.194. The Labute approximate surface area is 91.9 Å².